The Hall–Kier alpha value is -3.78. The van der Waals surface area contributed by atoms with Crippen LogP contribution in [0.4, 0.5) is 11.6 Å². The highest BCUT2D eigenvalue weighted by Crippen LogP contribution is 2.24. The van der Waals surface area contributed by atoms with Gasteiger partial charge < -0.3 is 20.9 Å². The molecule has 0 radical (unpaired) electrons. The minimum absolute atomic E-state index is 0.220. The van der Waals surface area contributed by atoms with Crippen molar-refractivity contribution in [3.8, 4) is 0 Å². The van der Waals surface area contributed by atoms with Gasteiger partial charge in [0.1, 0.15) is 11.6 Å². The van der Waals surface area contributed by atoms with Crippen LogP contribution in [0.1, 0.15) is 15.9 Å². The molecule has 0 unspecified atom stereocenters. The lowest BCUT2D eigenvalue weighted by Gasteiger charge is -2.43. The van der Waals surface area contributed by atoms with E-state index in [9.17, 15) is 4.79 Å². The summed E-state index contributed by atoms with van der Waals surface area (Å²) in [5, 5.41) is 4.81. The van der Waals surface area contributed by atoms with Crippen LogP contribution in [0.2, 0.25) is 0 Å². The van der Waals surface area contributed by atoms with Crippen molar-refractivity contribution in [3.63, 3.8) is 0 Å². The molecule has 2 aromatic heterocycles. The number of nitrogens with one attached hydrogen (secondary N) is 1. The van der Waals surface area contributed by atoms with Gasteiger partial charge in [-0.2, -0.15) is 0 Å². The Morgan fingerprint density at radius 2 is 1.97 bits per heavy atom. The summed E-state index contributed by atoms with van der Waals surface area (Å²) in [6, 6.07) is 11.8. The predicted molar refractivity (Wildman–Crippen MR) is 130 cm³/mol. The molecule has 1 aliphatic heterocycles. The number of anilines is 2. The minimum Gasteiger partial charge on any atom is -0.404 e. The average Bonchev–Trinajstić information content (AvgIpc) is 2.76. The second-order valence-corrected chi connectivity index (χ2v) is 8.02. The van der Waals surface area contributed by atoms with Gasteiger partial charge in [0.25, 0.3) is 5.91 Å². The Morgan fingerprint density at radius 1 is 1.16 bits per heavy atom. The van der Waals surface area contributed by atoms with Gasteiger partial charge in [-0.1, -0.05) is 12.1 Å². The summed E-state index contributed by atoms with van der Waals surface area (Å²) in [6.45, 7) is 1.81. The number of benzene rings is 1. The lowest BCUT2D eigenvalue weighted by molar-refractivity contribution is 0.102. The van der Waals surface area contributed by atoms with Gasteiger partial charge in [-0.3, -0.25) is 9.79 Å². The summed E-state index contributed by atoms with van der Waals surface area (Å²) < 4.78 is 0. The second kappa shape index (κ2) is 9.15. The highest BCUT2D eigenvalue weighted by atomic mass is 16.1. The fraction of sp³-hybridized carbons (Fsp3) is 0.250. The molecule has 3 heterocycles. The number of aliphatic imine (C=N–C) groups is 1. The van der Waals surface area contributed by atoms with Crippen LogP contribution in [0.5, 0.6) is 0 Å². The molecule has 3 aromatic rings. The SMILES string of the molecule is CN=CC(=CN)c1ccc2cnc(NC(=O)c3ccnc(N4CC(N(C)C)C4)c3)cc2c1. The van der Waals surface area contributed by atoms with Gasteiger partial charge >= 0.3 is 0 Å². The number of fused-ring (bicyclic) bond motifs is 1. The molecule has 164 valence electrons. The van der Waals surface area contributed by atoms with E-state index in [4.69, 9.17) is 5.73 Å². The van der Waals surface area contributed by atoms with Gasteiger partial charge in [0, 0.05) is 67.5 Å². The summed E-state index contributed by atoms with van der Waals surface area (Å²) in [5.74, 6) is 1.07. The van der Waals surface area contributed by atoms with E-state index in [0.29, 0.717) is 17.4 Å². The van der Waals surface area contributed by atoms with Crippen LogP contribution < -0.4 is 16.0 Å². The van der Waals surface area contributed by atoms with Crippen molar-refractivity contribution in [1.29, 1.82) is 0 Å². The quantitative estimate of drug-likeness (QED) is 0.585. The lowest BCUT2D eigenvalue weighted by Crippen LogP contribution is -2.57. The maximum absolute atomic E-state index is 12.9. The Labute approximate surface area is 187 Å². The van der Waals surface area contributed by atoms with Gasteiger partial charge in [-0.05, 0) is 49.3 Å². The third-order valence-electron chi connectivity index (χ3n) is 5.67. The second-order valence-electron chi connectivity index (χ2n) is 8.02. The third-order valence-corrected chi connectivity index (χ3v) is 5.67. The van der Waals surface area contributed by atoms with Crippen molar-refractivity contribution < 1.29 is 4.79 Å². The number of aromatic nitrogens is 2. The Bertz CT molecular complexity index is 1200. The van der Waals surface area contributed by atoms with Gasteiger partial charge in [-0.15, -0.1) is 0 Å². The molecule has 1 amide bonds. The van der Waals surface area contributed by atoms with E-state index in [-0.39, 0.29) is 5.91 Å². The van der Waals surface area contributed by atoms with Gasteiger partial charge in [0.2, 0.25) is 0 Å². The number of nitrogens with zero attached hydrogens (tertiary/aromatic N) is 5. The zero-order chi connectivity index (χ0) is 22.7. The molecule has 3 N–H and O–H groups in total. The molecular formula is C24H27N7O. The number of rotatable bonds is 6. The summed E-state index contributed by atoms with van der Waals surface area (Å²) >= 11 is 0. The molecular weight excluding hydrogens is 402 g/mol. The van der Waals surface area contributed by atoms with Crippen LogP contribution in [0, 0.1) is 0 Å². The van der Waals surface area contributed by atoms with Crippen molar-refractivity contribution in [1.82, 2.24) is 14.9 Å². The van der Waals surface area contributed by atoms with Crippen molar-refractivity contribution >= 4 is 40.1 Å². The fourth-order valence-corrected chi connectivity index (χ4v) is 3.63. The highest BCUT2D eigenvalue weighted by molar-refractivity contribution is 6.11. The van der Waals surface area contributed by atoms with E-state index in [1.807, 2.05) is 30.3 Å². The number of amides is 1. The third kappa shape index (κ3) is 4.45. The summed E-state index contributed by atoms with van der Waals surface area (Å²) in [5.41, 5.74) is 8.04. The Morgan fingerprint density at radius 3 is 2.69 bits per heavy atom. The largest absolute Gasteiger partial charge is 0.404 e. The van der Waals surface area contributed by atoms with Crippen molar-refractivity contribution in [2.75, 3.05) is 44.4 Å². The molecule has 8 nitrogen and oxygen atoms in total. The zero-order valence-electron chi connectivity index (χ0n) is 18.5. The molecule has 0 atom stereocenters. The van der Waals surface area contributed by atoms with E-state index in [1.54, 1.807) is 31.7 Å². The number of nitrogens with two attached hydrogens (primary N) is 1. The van der Waals surface area contributed by atoms with Crippen molar-refractivity contribution in [3.05, 3.63) is 66.1 Å². The minimum atomic E-state index is -0.220. The molecule has 0 saturated carbocycles. The maximum atomic E-state index is 12.9. The molecule has 1 fully saturated rings. The molecule has 1 aromatic carbocycles. The van der Waals surface area contributed by atoms with E-state index in [0.717, 1.165) is 40.8 Å². The molecule has 0 aliphatic carbocycles. The molecule has 1 saturated heterocycles. The lowest BCUT2D eigenvalue weighted by atomic mass is 10.0. The highest BCUT2D eigenvalue weighted by Gasteiger charge is 2.29. The van der Waals surface area contributed by atoms with E-state index in [1.165, 1.54) is 6.20 Å². The first-order valence-corrected chi connectivity index (χ1v) is 10.4. The molecule has 32 heavy (non-hydrogen) atoms. The standard InChI is InChI=1S/C24H27N7O/c1-26-12-20(11-25)16-4-5-18-13-28-22(9-19(18)8-16)29-24(32)17-6-7-27-23(10-17)31-14-21(15-31)30(2)3/h4-13,21H,14-15,25H2,1-3H3,(H,28,29,32). The zero-order valence-corrected chi connectivity index (χ0v) is 18.5. The number of carbonyl (C=O) groups excluding carboxylic acids is 1. The van der Waals surface area contributed by atoms with Crippen molar-refractivity contribution in [2.24, 2.45) is 10.7 Å². The number of hydrogen-bond donors (Lipinski definition) is 2. The van der Waals surface area contributed by atoms with E-state index >= 15 is 0 Å². The summed E-state index contributed by atoms with van der Waals surface area (Å²) in [7, 11) is 5.85. The average molecular weight is 430 g/mol. The molecule has 4 rings (SSSR count). The van der Waals surface area contributed by atoms with Crippen LogP contribution in [-0.2, 0) is 0 Å². The number of likely N-dealkylation sites (N-methyl/N-ethyl adjacent to an activating group) is 1. The van der Waals surface area contributed by atoms with Crippen LogP contribution in [0.25, 0.3) is 16.3 Å². The summed E-state index contributed by atoms with van der Waals surface area (Å²) in [4.78, 5) is 30.1. The fourth-order valence-electron chi connectivity index (χ4n) is 3.63. The predicted octanol–water partition coefficient (Wildman–Crippen LogP) is 2.63. The Kier molecular flexibility index (Phi) is 6.13. The first-order valence-electron chi connectivity index (χ1n) is 10.4. The molecule has 0 spiro atoms. The number of pyridine rings is 2. The maximum Gasteiger partial charge on any atom is 0.257 e. The monoisotopic (exact) mass is 429 g/mol. The van der Waals surface area contributed by atoms with Gasteiger partial charge in [0.05, 0.1) is 0 Å². The van der Waals surface area contributed by atoms with Crippen LogP contribution in [-0.4, -0.2) is 67.3 Å². The Balaban J connectivity index is 1.52. The smallest absolute Gasteiger partial charge is 0.257 e. The van der Waals surface area contributed by atoms with Gasteiger partial charge in [-0.25, -0.2) is 9.97 Å². The van der Waals surface area contributed by atoms with Crippen molar-refractivity contribution in [2.45, 2.75) is 6.04 Å². The number of carbonyl (C=O) groups is 1. The topological polar surface area (TPSA) is 99.7 Å². The van der Waals surface area contributed by atoms with Crippen LogP contribution in [0.3, 0.4) is 0 Å². The van der Waals surface area contributed by atoms with Crippen LogP contribution in [0.15, 0.2) is 60.0 Å². The molecule has 0 bridgehead atoms. The van der Waals surface area contributed by atoms with Gasteiger partial charge in [0.15, 0.2) is 0 Å². The van der Waals surface area contributed by atoms with E-state index in [2.05, 4.69) is 44.2 Å². The molecule has 8 heteroatoms. The number of allylic oxidation sites excluding steroid dienone is 1. The van der Waals surface area contributed by atoms with E-state index < -0.39 is 0 Å². The summed E-state index contributed by atoms with van der Waals surface area (Å²) in [6.07, 6.45) is 6.65. The number of hydrogen-bond acceptors (Lipinski definition) is 7. The normalized spacial score (nSPS) is 14.9. The van der Waals surface area contributed by atoms with Crippen LogP contribution >= 0.6 is 0 Å². The molecule has 1 aliphatic rings. The first kappa shape index (κ1) is 21.5. The first-order chi connectivity index (χ1) is 15.5.